The van der Waals surface area contributed by atoms with Gasteiger partial charge in [0.25, 0.3) is 0 Å². The van der Waals surface area contributed by atoms with Crippen molar-refractivity contribution in [1.29, 1.82) is 0 Å². The molecular formula is C18H23N3. The summed E-state index contributed by atoms with van der Waals surface area (Å²) in [4.78, 5) is 0. The number of allylic oxidation sites excluding steroid dienone is 2. The van der Waals surface area contributed by atoms with Crippen molar-refractivity contribution in [3.8, 4) is 0 Å². The molecule has 0 saturated carbocycles. The average Bonchev–Trinajstić information content (AvgIpc) is 2.98. The minimum Gasteiger partial charge on any atom is -0.252 e. The highest BCUT2D eigenvalue weighted by atomic mass is 15.4. The van der Waals surface area contributed by atoms with Crippen molar-refractivity contribution in [2.24, 2.45) is 0 Å². The minimum absolute atomic E-state index is 0.561. The maximum atomic E-state index is 4.36. The largest absolute Gasteiger partial charge is 0.252 e. The lowest BCUT2D eigenvalue weighted by molar-refractivity contribution is 0.586. The summed E-state index contributed by atoms with van der Waals surface area (Å²) in [5.41, 5.74) is 5.24. The Labute approximate surface area is 126 Å². The summed E-state index contributed by atoms with van der Waals surface area (Å²) in [7, 11) is 0. The molecule has 1 unspecified atom stereocenters. The van der Waals surface area contributed by atoms with E-state index in [-0.39, 0.29) is 0 Å². The first-order valence-corrected chi connectivity index (χ1v) is 7.83. The molecule has 0 fully saturated rings. The third kappa shape index (κ3) is 3.41. The molecule has 0 N–H and O–H groups in total. The van der Waals surface area contributed by atoms with E-state index in [9.17, 15) is 0 Å². The third-order valence-electron chi connectivity index (χ3n) is 4.44. The number of hydrogen-bond acceptors (Lipinski definition) is 2. The number of nitrogens with zero attached hydrogens (tertiary/aromatic N) is 3. The lowest BCUT2D eigenvalue weighted by atomic mass is 9.92. The van der Waals surface area contributed by atoms with Crippen molar-refractivity contribution in [3.63, 3.8) is 0 Å². The Morgan fingerprint density at radius 2 is 2.10 bits per heavy atom. The molecule has 0 aliphatic heterocycles. The minimum atomic E-state index is 0.561. The molecule has 2 aromatic rings. The highest BCUT2D eigenvalue weighted by molar-refractivity contribution is 5.29. The quantitative estimate of drug-likeness (QED) is 0.794. The Hall–Kier alpha value is -1.90. The van der Waals surface area contributed by atoms with Gasteiger partial charge in [-0.2, -0.15) is 0 Å². The second kappa shape index (κ2) is 6.25. The number of rotatable bonds is 4. The molecule has 3 heteroatoms. The number of hydrogen-bond donors (Lipinski definition) is 0. The Bertz CT molecular complexity index is 640. The van der Waals surface area contributed by atoms with Gasteiger partial charge < -0.3 is 0 Å². The fraction of sp³-hybridized carbons (Fsp3) is 0.444. The zero-order valence-corrected chi connectivity index (χ0v) is 12.9. The number of aromatic nitrogens is 3. The Morgan fingerprint density at radius 3 is 2.86 bits per heavy atom. The van der Waals surface area contributed by atoms with Gasteiger partial charge in [-0.1, -0.05) is 35.6 Å². The summed E-state index contributed by atoms with van der Waals surface area (Å²) >= 11 is 0. The zero-order valence-electron chi connectivity index (χ0n) is 12.9. The molecule has 1 aliphatic rings. The molecule has 3 rings (SSSR count). The lowest BCUT2D eigenvalue weighted by Crippen LogP contribution is -2.03. The normalized spacial score (nSPS) is 18.1. The van der Waals surface area contributed by atoms with E-state index in [4.69, 9.17) is 0 Å². The van der Waals surface area contributed by atoms with Gasteiger partial charge in [0.15, 0.2) is 0 Å². The lowest BCUT2D eigenvalue weighted by Gasteiger charge is -2.13. The molecule has 1 aliphatic carbocycles. The number of benzene rings is 1. The Kier molecular flexibility index (Phi) is 4.18. The number of aryl methyl sites for hydroxylation is 4. The van der Waals surface area contributed by atoms with E-state index < -0.39 is 0 Å². The molecule has 0 spiro atoms. The van der Waals surface area contributed by atoms with Crippen LogP contribution in [-0.2, 0) is 13.0 Å². The van der Waals surface area contributed by atoms with E-state index in [1.807, 2.05) is 4.68 Å². The van der Waals surface area contributed by atoms with Gasteiger partial charge in [-0.05, 0) is 56.2 Å². The van der Waals surface area contributed by atoms with Crippen molar-refractivity contribution >= 4 is 0 Å². The molecule has 21 heavy (non-hydrogen) atoms. The van der Waals surface area contributed by atoms with E-state index in [0.29, 0.717) is 5.92 Å². The molecule has 0 amide bonds. The summed E-state index contributed by atoms with van der Waals surface area (Å²) in [6, 6.07) is 6.69. The van der Waals surface area contributed by atoms with Crippen molar-refractivity contribution in [1.82, 2.24) is 15.0 Å². The van der Waals surface area contributed by atoms with E-state index in [2.05, 4.69) is 60.7 Å². The predicted octanol–water partition coefficient (Wildman–Crippen LogP) is 3.96. The first-order valence-electron chi connectivity index (χ1n) is 7.83. The van der Waals surface area contributed by atoms with Crippen LogP contribution in [0.25, 0.3) is 0 Å². The van der Waals surface area contributed by atoms with Gasteiger partial charge in [-0.15, -0.1) is 5.10 Å². The standard InChI is InChI=1S/C18H23N3/c1-14-8-9-16(12-15(14)2)10-11-21-13-18(19-20-21)17-6-4-3-5-7-17/h3-4,8-9,12-13,17H,5-7,10-11H2,1-2H3. The topological polar surface area (TPSA) is 30.7 Å². The summed E-state index contributed by atoms with van der Waals surface area (Å²) in [6.07, 6.45) is 11.1. The maximum absolute atomic E-state index is 4.36. The molecule has 0 saturated heterocycles. The van der Waals surface area contributed by atoms with Crippen molar-refractivity contribution < 1.29 is 0 Å². The van der Waals surface area contributed by atoms with Crippen LogP contribution < -0.4 is 0 Å². The monoisotopic (exact) mass is 281 g/mol. The second-order valence-electron chi connectivity index (χ2n) is 6.06. The molecule has 1 aromatic carbocycles. The Morgan fingerprint density at radius 1 is 1.19 bits per heavy atom. The smallest absolute Gasteiger partial charge is 0.0861 e. The summed E-state index contributed by atoms with van der Waals surface area (Å²) < 4.78 is 1.99. The summed E-state index contributed by atoms with van der Waals surface area (Å²) in [5.74, 6) is 0.561. The molecule has 110 valence electrons. The van der Waals surface area contributed by atoms with Crippen LogP contribution in [0.15, 0.2) is 36.5 Å². The molecular weight excluding hydrogens is 258 g/mol. The van der Waals surface area contributed by atoms with Gasteiger partial charge in [0.2, 0.25) is 0 Å². The molecule has 0 radical (unpaired) electrons. The Balaban J connectivity index is 1.61. The zero-order chi connectivity index (χ0) is 14.7. The average molecular weight is 281 g/mol. The van der Waals surface area contributed by atoms with Crippen LogP contribution in [-0.4, -0.2) is 15.0 Å². The van der Waals surface area contributed by atoms with Crippen LogP contribution in [0.3, 0.4) is 0 Å². The van der Waals surface area contributed by atoms with Crippen LogP contribution in [0.1, 0.15) is 47.6 Å². The first kappa shape index (κ1) is 14.1. The van der Waals surface area contributed by atoms with Gasteiger partial charge in [0, 0.05) is 18.7 Å². The highest BCUT2D eigenvalue weighted by Crippen LogP contribution is 2.27. The summed E-state index contributed by atoms with van der Waals surface area (Å²) in [5, 5.41) is 8.65. The van der Waals surface area contributed by atoms with Crippen LogP contribution >= 0.6 is 0 Å². The van der Waals surface area contributed by atoms with E-state index in [1.165, 1.54) is 29.5 Å². The van der Waals surface area contributed by atoms with Crippen molar-refractivity contribution in [3.05, 3.63) is 58.9 Å². The second-order valence-corrected chi connectivity index (χ2v) is 6.06. The predicted molar refractivity (Wildman–Crippen MR) is 85.4 cm³/mol. The molecule has 1 heterocycles. The van der Waals surface area contributed by atoms with Gasteiger partial charge in [-0.25, -0.2) is 0 Å². The highest BCUT2D eigenvalue weighted by Gasteiger charge is 2.15. The van der Waals surface area contributed by atoms with E-state index >= 15 is 0 Å². The van der Waals surface area contributed by atoms with Crippen molar-refractivity contribution in [2.45, 2.75) is 52.0 Å². The van der Waals surface area contributed by atoms with Gasteiger partial charge in [-0.3, -0.25) is 4.68 Å². The summed E-state index contributed by atoms with van der Waals surface area (Å²) in [6.45, 7) is 5.22. The SMILES string of the molecule is Cc1ccc(CCn2cc(C3CC=CCC3)nn2)cc1C. The van der Waals surface area contributed by atoms with Gasteiger partial charge in [0.05, 0.1) is 5.69 Å². The van der Waals surface area contributed by atoms with Crippen molar-refractivity contribution in [2.75, 3.05) is 0 Å². The van der Waals surface area contributed by atoms with Crippen LogP contribution in [0, 0.1) is 13.8 Å². The van der Waals surface area contributed by atoms with Crippen LogP contribution in [0.5, 0.6) is 0 Å². The fourth-order valence-corrected chi connectivity index (χ4v) is 2.87. The van der Waals surface area contributed by atoms with Crippen LogP contribution in [0.2, 0.25) is 0 Å². The maximum Gasteiger partial charge on any atom is 0.0861 e. The van der Waals surface area contributed by atoms with E-state index in [1.54, 1.807) is 0 Å². The first-order chi connectivity index (χ1) is 10.2. The molecule has 1 aromatic heterocycles. The van der Waals surface area contributed by atoms with E-state index in [0.717, 1.165) is 25.1 Å². The van der Waals surface area contributed by atoms with Gasteiger partial charge >= 0.3 is 0 Å². The molecule has 3 nitrogen and oxygen atoms in total. The fourth-order valence-electron chi connectivity index (χ4n) is 2.87. The molecule has 0 bridgehead atoms. The third-order valence-corrected chi connectivity index (χ3v) is 4.44. The van der Waals surface area contributed by atoms with Crippen LogP contribution in [0.4, 0.5) is 0 Å². The molecule has 1 atom stereocenters. The van der Waals surface area contributed by atoms with Gasteiger partial charge in [0.1, 0.15) is 0 Å².